The number of amides is 1. The van der Waals surface area contributed by atoms with Crippen molar-refractivity contribution in [1.82, 2.24) is 16.0 Å². The minimum atomic E-state index is 0.242. The third kappa shape index (κ3) is 2.36. The molecule has 2 aliphatic heterocycles. The van der Waals surface area contributed by atoms with Crippen LogP contribution in [0.3, 0.4) is 0 Å². The van der Waals surface area contributed by atoms with Gasteiger partial charge in [-0.3, -0.25) is 4.79 Å². The first-order valence-corrected chi connectivity index (χ1v) is 8.08. The number of benzene rings is 1. The average Bonchev–Trinajstić information content (AvgIpc) is 3.02. The summed E-state index contributed by atoms with van der Waals surface area (Å²) in [5.74, 6) is 0.495. The molecule has 112 valence electrons. The normalized spacial score (nSPS) is 33.7. The van der Waals surface area contributed by atoms with Crippen molar-refractivity contribution in [3.63, 3.8) is 0 Å². The van der Waals surface area contributed by atoms with Gasteiger partial charge in [0, 0.05) is 25.0 Å². The van der Waals surface area contributed by atoms with Crippen molar-refractivity contribution in [3.05, 3.63) is 35.4 Å². The first kappa shape index (κ1) is 13.3. The van der Waals surface area contributed by atoms with Crippen LogP contribution in [0.1, 0.15) is 30.0 Å². The van der Waals surface area contributed by atoms with E-state index in [0.29, 0.717) is 12.0 Å². The zero-order valence-electron chi connectivity index (χ0n) is 12.3. The van der Waals surface area contributed by atoms with Gasteiger partial charge in [0.2, 0.25) is 5.91 Å². The summed E-state index contributed by atoms with van der Waals surface area (Å²) < 4.78 is 0. The molecular formula is C17H23N3O. The van der Waals surface area contributed by atoms with Gasteiger partial charge in [-0.05, 0) is 48.9 Å². The van der Waals surface area contributed by atoms with Crippen LogP contribution in [0.25, 0.3) is 0 Å². The SMILES string of the molecule is O=C(NCC1NCCc2ccccc21)C1CC12CCNC2. The van der Waals surface area contributed by atoms with Gasteiger partial charge in [-0.2, -0.15) is 0 Å². The number of carbonyl (C=O) groups excluding carboxylic acids is 1. The highest BCUT2D eigenvalue weighted by Crippen LogP contribution is 2.56. The van der Waals surface area contributed by atoms with E-state index in [0.717, 1.165) is 38.9 Å². The van der Waals surface area contributed by atoms with E-state index < -0.39 is 0 Å². The van der Waals surface area contributed by atoms with Crippen LogP contribution in [0.4, 0.5) is 0 Å². The Hall–Kier alpha value is -1.39. The van der Waals surface area contributed by atoms with Crippen molar-refractivity contribution in [1.29, 1.82) is 0 Å². The lowest BCUT2D eigenvalue weighted by atomic mass is 9.94. The molecule has 3 atom stereocenters. The van der Waals surface area contributed by atoms with Gasteiger partial charge in [0.25, 0.3) is 0 Å². The lowest BCUT2D eigenvalue weighted by molar-refractivity contribution is -0.123. The predicted molar refractivity (Wildman–Crippen MR) is 81.9 cm³/mol. The molecule has 4 heteroatoms. The lowest BCUT2D eigenvalue weighted by Crippen LogP contribution is -2.39. The fourth-order valence-electron chi connectivity index (χ4n) is 4.05. The van der Waals surface area contributed by atoms with Crippen LogP contribution in [0.2, 0.25) is 0 Å². The zero-order valence-corrected chi connectivity index (χ0v) is 12.3. The molecule has 4 rings (SSSR count). The highest BCUT2D eigenvalue weighted by atomic mass is 16.2. The Morgan fingerprint density at radius 2 is 2.24 bits per heavy atom. The largest absolute Gasteiger partial charge is 0.354 e. The summed E-state index contributed by atoms with van der Waals surface area (Å²) >= 11 is 0. The molecule has 1 saturated carbocycles. The summed E-state index contributed by atoms with van der Waals surface area (Å²) in [5, 5.41) is 10.1. The second-order valence-electron chi connectivity index (χ2n) is 6.75. The molecule has 1 spiro atoms. The van der Waals surface area contributed by atoms with E-state index in [1.54, 1.807) is 0 Å². The van der Waals surface area contributed by atoms with Gasteiger partial charge in [-0.15, -0.1) is 0 Å². The molecule has 1 aromatic carbocycles. The topological polar surface area (TPSA) is 53.2 Å². The van der Waals surface area contributed by atoms with Crippen LogP contribution < -0.4 is 16.0 Å². The molecule has 2 heterocycles. The summed E-state index contributed by atoms with van der Waals surface area (Å²) in [6, 6.07) is 8.82. The number of fused-ring (bicyclic) bond motifs is 1. The van der Waals surface area contributed by atoms with Crippen LogP contribution in [0.5, 0.6) is 0 Å². The summed E-state index contributed by atoms with van der Waals surface area (Å²) in [5.41, 5.74) is 3.05. The number of hydrogen-bond donors (Lipinski definition) is 3. The first-order chi connectivity index (χ1) is 10.3. The predicted octanol–water partition coefficient (Wildman–Crippen LogP) is 0.989. The maximum atomic E-state index is 12.4. The number of carbonyl (C=O) groups is 1. The fourth-order valence-corrected chi connectivity index (χ4v) is 4.05. The second-order valence-corrected chi connectivity index (χ2v) is 6.75. The van der Waals surface area contributed by atoms with Crippen molar-refractivity contribution in [2.24, 2.45) is 11.3 Å². The summed E-state index contributed by atoms with van der Waals surface area (Å²) in [6.45, 7) is 3.79. The molecule has 4 nitrogen and oxygen atoms in total. The third-order valence-corrected chi connectivity index (χ3v) is 5.48. The van der Waals surface area contributed by atoms with E-state index in [9.17, 15) is 4.79 Å². The Kier molecular flexibility index (Phi) is 3.23. The summed E-state index contributed by atoms with van der Waals surface area (Å²) in [6.07, 6.45) is 3.31. The Bertz CT molecular complexity index is 551. The molecule has 1 amide bonds. The van der Waals surface area contributed by atoms with Crippen molar-refractivity contribution in [2.75, 3.05) is 26.2 Å². The van der Waals surface area contributed by atoms with E-state index in [-0.39, 0.29) is 17.9 Å². The van der Waals surface area contributed by atoms with Crippen LogP contribution in [-0.4, -0.2) is 32.1 Å². The van der Waals surface area contributed by atoms with E-state index >= 15 is 0 Å². The fraction of sp³-hybridized carbons (Fsp3) is 0.588. The minimum Gasteiger partial charge on any atom is -0.354 e. The zero-order chi connectivity index (χ0) is 14.3. The highest BCUT2D eigenvalue weighted by molar-refractivity contribution is 5.82. The smallest absolute Gasteiger partial charge is 0.223 e. The molecule has 0 radical (unpaired) electrons. The van der Waals surface area contributed by atoms with Gasteiger partial charge in [0.05, 0.1) is 0 Å². The van der Waals surface area contributed by atoms with Crippen LogP contribution in [0, 0.1) is 11.3 Å². The van der Waals surface area contributed by atoms with Crippen molar-refractivity contribution in [2.45, 2.75) is 25.3 Å². The summed E-state index contributed by atoms with van der Waals surface area (Å²) in [4.78, 5) is 12.4. The van der Waals surface area contributed by atoms with E-state index in [4.69, 9.17) is 0 Å². The monoisotopic (exact) mass is 285 g/mol. The molecule has 21 heavy (non-hydrogen) atoms. The molecule has 3 unspecified atom stereocenters. The molecule has 0 aromatic heterocycles. The second kappa shape index (κ2) is 5.11. The molecule has 3 aliphatic rings. The number of nitrogens with one attached hydrogen (secondary N) is 3. The van der Waals surface area contributed by atoms with Gasteiger partial charge < -0.3 is 16.0 Å². The molecule has 1 aromatic rings. The standard InChI is InChI=1S/C17H23N3O/c21-16(14-9-17(14)6-8-18-11-17)20-10-15-13-4-2-1-3-12(13)5-7-19-15/h1-4,14-15,18-19H,5-11H2,(H,20,21). The maximum Gasteiger partial charge on any atom is 0.223 e. The van der Waals surface area contributed by atoms with Crippen LogP contribution >= 0.6 is 0 Å². The van der Waals surface area contributed by atoms with Gasteiger partial charge in [0.15, 0.2) is 0 Å². The Labute approximate surface area is 125 Å². The maximum absolute atomic E-state index is 12.4. The quantitative estimate of drug-likeness (QED) is 0.776. The molecule has 0 bridgehead atoms. The van der Waals surface area contributed by atoms with Crippen molar-refractivity contribution >= 4 is 5.91 Å². The Morgan fingerprint density at radius 1 is 1.33 bits per heavy atom. The molecular weight excluding hydrogens is 262 g/mol. The first-order valence-electron chi connectivity index (χ1n) is 8.08. The van der Waals surface area contributed by atoms with Gasteiger partial charge in [-0.1, -0.05) is 24.3 Å². The van der Waals surface area contributed by atoms with E-state index in [1.807, 2.05) is 0 Å². The number of hydrogen-bond acceptors (Lipinski definition) is 3. The van der Waals surface area contributed by atoms with Crippen molar-refractivity contribution < 1.29 is 4.79 Å². The van der Waals surface area contributed by atoms with E-state index in [2.05, 4.69) is 40.2 Å². The van der Waals surface area contributed by atoms with Crippen LogP contribution in [0.15, 0.2) is 24.3 Å². The number of rotatable bonds is 3. The van der Waals surface area contributed by atoms with Gasteiger partial charge >= 0.3 is 0 Å². The van der Waals surface area contributed by atoms with Gasteiger partial charge in [0.1, 0.15) is 0 Å². The lowest BCUT2D eigenvalue weighted by Gasteiger charge is -2.27. The van der Waals surface area contributed by atoms with Crippen molar-refractivity contribution in [3.8, 4) is 0 Å². The Balaban J connectivity index is 1.37. The third-order valence-electron chi connectivity index (χ3n) is 5.48. The van der Waals surface area contributed by atoms with Gasteiger partial charge in [-0.25, -0.2) is 0 Å². The molecule has 1 aliphatic carbocycles. The summed E-state index contributed by atoms with van der Waals surface area (Å²) in [7, 11) is 0. The Morgan fingerprint density at radius 3 is 3.10 bits per heavy atom. The highest BCUT2D eigenvalue weighted by Gasteiger charge is 2.58. The van der Waals surface area contributed by atoms with E-state index in [1.165, 1.54) is 11.1 Å². The van der Waals surface area contributed by atoms with Crippen LogP contribution in [-0.2, 0) is 11.2 Å². The minimum absolute atomic E-state index is 0.242. The average molecular weight is 285 g/mol. The molecule has 3 N–H and O–H groups in total. The molecule has 2 fully saturated rings. The molecule has 1 saturated heterocycles.